The highest BCUT2D eigenvalue weighted by Crippen LogP contribution is 2.32. The van der Waals surface area contributed by atoms with E-state index in [4.69, 9.17) is 9.47 Å². The largest absolute Gasteiger partial charge is 0.457 e. The Bertz CT molecular complexity index is 1430. The van der Waals surface area contributed by atoms with Crippen LogP contribution in [-0.2, 0) is 14.3 Å². The Morgan fingerprint density at radius 3 is 2.39 bits per heavy atom. The van der Waals surface area contributed by atoms with Gasteiger partial charge in [0, 0.05) is 34.1 Å². The summed E-state index contributed by atoms with van der Waals surface area (Å²) < 4.78 is 12.2. The Morgan fingerprint density at radius 2 is 1.61 bits per heavy atom. The molecule has 6 nitrogen and oxygen atoms in total. The van der Waals surface area contributed by atoms with Crippen molar-refractivity contribution in [2.24, 2.45) is 5.92 Å². The third-order valence-corrected chi connectivity index (χ3v) is 6.62. The van der Waals surface area contributed by atoms with Crippen molar-refractivity contribution in [2.75, 3.05) is 18.1 Å². The van der Waals surface area contributed by atoms with Crippen molar-refractivity contribution in [3.05, 3.63) is 101 Å². The zero-order valence-corrected chi connectivity index (χ0v) is 20.8. The first kappa shape index (κ1) is 23.8. The topological polar surface area (TPSA) is 72.9 Å². The van der Waals surface area contributed by atoms with Crippen molar-refractivity contribution in [1.29, 1.82) is 0 Å². The summed E-state index contributed by atoms with van der Waals surface area (Å²) in [5.74, 6) is -0.241. The molecule has 0 bridgehead atoms. The van der Waals surface area contributed by atoms with Gasteiger partial charge >= 0.3 is 5.97 Å². The molecule has 0 aromatic heterocycles. The maximum Gasteiger partial charge on any atom is 0.311 e. The molecule has 1 aliphatic heterocycles. The number of esters is 1. The predicted molar refractivity (Wildman–Crippen MR) is 140 cm³/mol. The second kappa shape index (κ2) is 10.3. The van der Waals surface area contributed by atoms with Gasteiger partial charge in [-0.25, -0.2) is 0 Å². The van der Waals surface area contributed by atoms with Gasteiger partial charge in [-0.15, -0.1) is 0 Å². The van der Waals surface area contributed by atoms with Crippen LogP contribution in [0.25, 0.3) is 10.8 Å². The van der Waals surface area contributed by atoms with E-state index < -0.39 is 11.9 Å². The molecule has 5 rings (SSSR count). The fourth-order valence-electron chi connectivity index (χ4n) is 4.19. The molecule has 1 fully saturated rings. The van der Waals surface area contributed by atoms with Crippen LogP contribution in [0.15, 0.2) is 95.5 Å². The minimum atomic E-state index is -0.623. The summed E-state index contributed by atoms with van der Waals surface area (Å²) in [7, 11) is 0. The number of nitrogens with zero attached hydrogens (tertiary/aromatic N) is 1. The maximum absolute atomic E-state index is 12.6. The highest BCUT2D eigenvalue weighted by molar-refractivity contribution is 9.10. The molecular weight excluding hydrogens is 522 g/mol. The van der Waals surface area contributed by atoms with Gasteiger partial charge in [0.25, 0.3) is 0 Å². The molecule has 0 spiro atoms. The number of carbonyl (C=O) groups excluding carboxylic acids is 3. The number of amides is 1. The average Bonchev–Trinajstić information content (AvgIpc) is 3.30. The highest BCUT2D eigenvalue weighted by atomic mass is 79.9. The molecule has 36 heavy (non-hydrogen) atoms. The van der Waals surface area contributed by atoms with Gasteiger partial charge in [0.15, 0.2) is 12.4 Å². The molecule has 0 unspecified atom stereocenters. The first-order valence-corrected chi connectivity index (χ1v) is 12.3. The number of carbonyl (C=O) groups is 3. The van der Waals surface area contributed by atoms with Gasteiger partial charge < -0.3 is 14.4 Å². The number of rotatable bonds is 7. The van der Waals surface area contributed by atoms with Crippen molar-refractivity contribution in [3.63, 3.8) is 0 Å². The maximum atomic E-state index is 12.6. The van der Waals surface area contributed by atoms with Crippen LogP contribution in [0.4, 0.5) is 5.69 Å². The summed E-state index contributed by atoms with van der Waals surface area (Å²) >= 11 is 3.32. The summed E-state index contributed by atoms with van der Waals surface area (Å²) in [6.45, 7) is -0.154. The van der Waals surface area contributed by atoms with Gasteiger partial charge in [-0.3, -0.25) is 14.4 Å². The van der Waals surface area contributed by atoms with Gasteiger partial charge in [0.2, 0.25) is 5.91 Å². The number of benzene rings is 4. The Hall–Kier alpha value is -3.97. The van der Waals surface area contributed by atoms with Crippen LogP contribution < -0.4 is 9.64 Å². The number of hydrogen-bond acceptors (Lipinski definition) is 5. The van der Waals surface area contributed by atoms with Crippen LogP contribution >= 0.6 is 15.9 Å². The third-order valence-electron chi connectivity index (χ3n) is 6.10. The van der Waals surface area contributed by atoms with Gasteiger partial charge in [-0.1, -0.05) is 64.5 Å². The third kappa shape index (κ3) is 5.16. The fraction of sp³-hybridized carbons (Fsp3) is 0.138. The predicted octanol–water partition coefficient (Wildman–Crippen LogP) is 6.17. The van der Waals surface area contributed by atoms with Gasteiger partial charge in [0.1, 0.15) is 11.5 Å². The lowest BCUT2D eigenvalue weighted by Crippen LogP contribution is -2.27. The molecule has 180 valence electrons. The van der Waals surface area contributed by atoms with E-state index in [1.54, 1.807) is 53.4 Å². The van der Waals surface area contributed by atoms with E-state index in [2.05, 4.69) is 15.9 Å². The molecule has 1 heterocycles. The van der Waals surface area contributed by atoms with Crippen LogP contribution in [0.5, 0.6) is 11.5 Å². The van der Waals surface area contributed by atoms with E-state index in [1.165, 1.54) is 0 Å². The van der Waals surface area contributed by atoms with Gasteiger partial charge in [-0.2, -0.15) is 0 Å². The van der Waals surface area contributed by atoms with Crippen LogP contribution in [-0.4, -0.2) is 30.8 Å². The van der Waals surface area contributed by atoms with E-state index >= 15 is 0 Å². The molecule has 0 N–H and O–H groups in total. The first-order valence-electron chi connectivity index (χ1n) is 11.5. The van der Waals surface area contributed by atoms with Crippen molar-refractivity contribution in [3.8, 4) is 11.5 Å². The van der Waals surface area contributed by atoms with Crippen LogP contribution in [0.1, 0.15) is 16.8 Å². The normalized spacial score (nSPS) is 15.2. The molecule has 4 aromatic rings. The lowest BCUT2D eigenvalue weighted by Gasteiger charge is -2.17. The van der Waals surface area contributed by atoms with Crippen LogP contribution in [0, 0.1) is 5.92 Å². The number of Topliss-reactive ketones (excluding diaryl/α,β-unsaturated/α-hetero) is 1. The molecular formula is C29H22BrNO5. The van der Waals surface area contributed by atoms with Crippen molar-refractivity contribution in [2.45, 2.75) is 6.42 Å². The summed E-state index contributed by atoms with van der Waals surface area (Å²) in [5.41, 5.74) is 1.13. The number of ketones is 1. The summed E-state index contributed by atoms with van der Waals surface area (Å²) in [6, 6.07) is 27.9. The molecule has 4 aromatic carbocycles. The Balaban J connectivity index is 1.20. The molecule has 1 aliphatic rings. The van der Waals surface area contributed by atoms with E-state index in [0.29, 0.717) is 17.0 Å². The number of fused-ring (bicyclic) bond motifs is 1. The molecule has 1 atom stereocenters. The van der Waals surface area contributed by atoms with Gasteiger partial charge in [0.05, 0.1) is 5.92 Å². The SMILES string of the molecule is O=C(COC(=O)[C@H]1CC(=O)N(c2ccc(Oc3cccc4ccccc34)cc2)C1)c1ccc(Br)cc1. The van der Waals surface area contributed by atoms with Crippen molar-refractivity contribution < 1.29 is 23.9 Å². The fourth-order valence-corrected chi connectivity index (χ4v) is 4.46. The number of halogens is 1. The highest BCUT2D eigenvalue weighted by Gasteiger charge is 2.36. The van der Waals surface area contributed by atoms with Crippen molar-refractivity contribution in [1.82, 2.24) is 0 Å². The summed E-state index contributed by atoms with van der Waals surface area (Å²) in [5, 5.41) is 2.10. The standard InChI is InChI=1S/C29H22BrNO5/c30-22-10-8-20(9-11-22)26(32)18-35-29(34)21-16-28(33)31(17-21)23-12-14-24(15-13-23)36-27-7-3-5-19-4-1-2-6-25(19)27/h1-15,21H,16-18H2/t21-/m0/s1. The van der Waals surface area contributed by atoms with Crippen LogP contribution in [0.2, 0.25) is 0 Å². The first-order chi connectivity index (χ1) is 17.5. The molecule has 0 aliphatic carbocycles. The zero-order valence-electron chi connectivity index (χ0n) is 19.2. The van der Waals surface area contributed by atoms with Crippen molar-refractivity contribution >= 4 is 50.0 Å². The zero-order chi connectivity index (χ0) is 25.1. The minimum absolute atomic E-state index is 0.0412. The van der Waals surface area contributed by atoms with Crippen LogP contribution in [0.3, 0.4) is 0 Å². The number of ether oxygens (including phenoxy) is 2. The van der Waals surface area contributed by atoms with E-state index in [9.17, 15) is 14.4 Å². The number of hydrogen-bond donors (Lipinski definition) is 0. The smallest absolute Gasteiger partial charge is 0.311 e. The lowest BCUT2D eigenvalue weighted by atomic mass is 10.1. The Kier molecular flexibility index (Phi) is 6.82. The van der Waals surface area contributed by atoms with Gasteiger partial charge in [-0.05, 0) is 47.9 Å². The van der Waals surface area contributed by atoms with E-state index in [-0.39, 0.29) is 31.3 Å². The molecule has 7 heteroatoms. The second-order valence-electron chi connectivity index (χ2n) is 8.52. The Morgan fingerprint density at radius 1 is 0.889 bits per heavy atom. The monoisotopic (exact) mass is 543 g/mol. The van der Waals surface area contributed by atoms with E-state index in [1.807, 2.05) is 42.5 Å². The average molecular weight is 544 g/mol. The quantitative estimate of drug-likeness (QED) is 0.206. The summed E-state index contributed by atoms with van der Waals surface area (Å²) in [4.78, 5) is 39.0. The lowest BCUT2D eigenvalue weighted by molar-refractivity contribution is -0.147. The number of anilines is 1. The summed E-state index contributed by atoms with van der Waals surface area (Å²) in [6.07, 6.45) is 0.0412. The second-order valence-corrected chi connectivity index (χ2v) is 9.43. The van der Waals surface area contributed by atoms with E-state index in [0.717, 1.165) is 21.0 Å². The molecule has 1 saturated heterocycles. The Labute approximate surface area is 216 Å². The minimum Gasteiger partial charge on any atom is -0.457 e. The molecule has 0 saturated carbocycles. The molecule has 1 amide bonds. The molecule has 0 radical (unpaired) electrons.